The van der Waals surface area contributed by atoms with Crippen LogP contribution in [-0.4, -0.2) is 32.7 Å². The van der Waals surface area contributed by atoms with Gasteiger partial charge in [-0.15, -0.1) is 0 Å². The molecule has 0 radical (unpaired) electrons. The Bertz CT molecular complexity index is 615. The van der Waals surface area contributed by atoms with Gasteiger partial charge in [-0.3, -0.25) is 10.4 Å². The van der Waals surface area contributed by atoms with Crippen molar-refractivity contribution in [2.24, 2.45) is 0 Å². The van der Waals surface area contributed by atoms with E-state index in [1.165, 1.54) is 0 Å². The van der Waals surface area contributed by atoms with Gasteiger partial charge in [0, 0.05) is 12.7 Å². The predicted molar refractivity (Wildman–Crippen MR) is 87.9 cm³/mol. The first kappa shape index (κ1) is 14.3. The lowest BCUT2D eigenvalue weighted by molar-refractivity contribution is 0.161. The Balaban J connectivity index is 1.78. The van der Waals surface area contributed by atoms with Crippen LogP contribution in [0.1, 0.15) is 31.0 Å². The fourth-order valence-corrected chi connectivity index (χ4v) is 3.23. The highest BCUT2D eigenvalue weighted by Crippen LogP contribution is 2.32. The average molecular weight is 397 g/mol. The summed E-state index contributed by atoms with van der Waals surface area (Å²) in [5.74, 6) is 0.575. The third kappa shape index (κ3) is 3.17. The second-order valence-corrected chi connectivity index (χ2v) is 6.14. The molecule has 1 aliphatic heterocycles. The maximum atomic E-state index is 12.5. The number of nitrogens with one attached hydrogen (secondary N) is 2. The number of aromatic nitrogens is 3. The van der Waals surface area contributed by atoms with Crippen LogP contribution in [0, 0.1) is 3.57 Å². The molecule has 7 heteroatoms. The highest BCUT2D eigenvalue weighted by atomic mass is 127. The number of urea groups is 1. The number of hydrogen-bond donors (Lipinski definition) is 2. The maximum absolute atomic E-state index is 12.5. The van der Waals surface area contributed by atoms with Crippen molar-refractivity contribution in [3.8, 4) is 0 Å². The Morgan fingerprint density at radius 2 is 2.33 bits per heavy atom. The summed E-state index contributed by atoms with van der Waals surface area (Å²) in [6, 6.07) is 5.41. The van der Waals surface area contributed by atoms with E-state index in [0.717, 1.165) is 35.1 Å². The van der Waals surface area contributed by atoms with Crippen molar-refractivity contribution in [2.45, 2.75) is 25.3 Å². The molecule has 1 atom stereocenters. The first-order valence-electron chi connectivity index (χ1n) is 6.93. The molecule has 2 aromatic rings. The molecule has 0 bridgehead atoms. The molecule has 3 heterocycles. The van der Waals surface area contributed by atoms with E-state index in [4.69, 9.17) is 0 Å². The van der Waals surface area contributed by atoms with Crippen LogP contribution >= 0.6 is 22.6 Å². The summed E-state index contributed by atoms with van der Waals surface area (Å²) in [5.41, 5.74) is 1.02. The van der Waals surface area contributed by atoms with Crippen LogP contribution in [0.2, 0.25) is 0 Å². The Morgan fingerprint density at radius 1 is 1.43 bits per heavy atom. The van der Waals surface area contributed by atoms with E-state index in [1.807, 2.05) is 17.0 Å². The lowest BCUT2D eigenvalue weighted by Crippen LogP contribution is -2.41. The molecule has 1 aliphatic rings. The topological polar surface area (TPSA) is 73.9 Å². The molecule has 0 aliphatic carbocycles. The van der Waals surface area contributed by atoms with E-state index in [9.17, 15) is 4.79 Å². The zero-order valence-corrected chi connectivity index (χ0v) is 13.6. The molecule has 6 nitrogen and oxygen atoms in total. The highest BCUT2D eigenvalue weighted by Gasteiger charge is 2.30. The Hall–Kier alpha value is -1.64. The van der Waals surface area contributed by atoms with Gasteiger partial charge in [0.25, 0.3) is 0 Å². The van der Waals surface area contributed by atoms with Gasteiger partial charge in [0.05, 0.1) is 21.5 Å². The van der Waals surface area contributed by atoms with Crippen molar-refractivity contribution < 1.29 is 4.79 Å². The fraction of sp³-hybridized carbons (Fsp3) is 0.357. The standard InChI is InChI=1S/C14H16IN5O/c15-10-9-17-19-13(10)11-5-2-4-8-20(11)14(21)18-12-6-1-3-7-16-12/h1,3,6-7,9,11H,2,4-5,8H2,(H,17,19)(H,16,18,21). The number of carbonyl (C=O) groups excluding carboxylic acids is 1. The van der Waals surface area contributed by atoms with E-state index >= 15 is 0 Å². The second-order valence-electron chi connectivity index (χ2n) is 4.98. The van der Waals surface area contributed by atoms with Gasteiger partial charge < -0.3 is 4.90 Å². The van der Waals surface area contributed by atoms with Gasteiger partial charge in [-0.25, -0.2) is 9.78 Å². The number of nitrogens with zero attached hydrogens (tertiary/aromatic N) is 3. The third-order valence-corrected chi connectivity index (χ3v) is 4.48. The number of anilines is 1. The van der Waals surface area contributed by atoms with E-state index < -0.39 is 0 Å². The van der Waals surface area contributed by atoms with E-state index in [1.54, 1.807) is 18.5 Å². The molecular formula is C14H16IN5O. The highest BCUT2D eigenvalue weighted by molar-refractivity contribution is 14.1. The molecule has 0 saturated carbocycles. The molecule has 2 N–H and O–H groups in total. The number of amides is 2. The van der Waals surface area contributed by atoms with E-state index in [2.05, 4.69) is 43.1 Å². The van der Waals surface area contributed by atoms with Crippen LogP contribution < -0.4 is 5.32 Å². The quantitative estimate of drug-likeness (QED) is 0.765. The van der Waals surface area contributed by atoms with Crippen LogP contribution in [0.4, 0.5) is 10.6 Å². The molecule has 1 unspecified atom stereocenters. The van der Waals surface area contributed by atoms with Crippen LogP contribution in [0.15, 0.2) is 30.6 Å². The number of carbonyl (C=O) groups is 1. The number of hydrogen-bond acceptors (Lipinski definition) is 3. The first-order valence-corrected chi connectivity index (χ1v) is 8.01. The van der Waals surface area contributed by atoms with E-state index in [0.29, 0.717) is 5.82 Å². The SMILES string of the molecule is O=C(Nc1ccccn1)N1CCCCC1c1[nH]ncc1I. The van der Waals surface area contributed by atoms with Crippen LogP contribution in [0.5, 0.6) is 0 Å². The first-order chi connectivity index (χ1) is 10.3. The van der Waals surface area contributed by atoms with Crippen molar-refractivity contribution in [3.63, 3.8) is 0 Å². The second kappa shape index (κ2) is 6.42. The van der Waals surface area contributed by atoms with Gasteiger partial charge in [0.1, 0.15) is 5.82 Å². The number of halogens is 1. The number of likely N-dealkylation sites (tertiary alicyclic amines) is 1. The van der Waals surface area contributed by atoms with Gasteiger partial charge >= 0.3 is 6.03 Å². The summed E-state index contributed by atoms with van der Waals surface area (Å²) in [4.78, 5) is 18.5. The Morgan fingerprint density at radius 3 is 3.05 bits per heavy atom. The fourth-order valence-electron chi connectivity index (χ4n) is 2.61. The minimum absolute atomic E-state index is 0.0527. The van der Waals surface area contributed by atoms with Crippen LogP contribution in [0.25, 0.3) is 0 Å². The summed E-state index contributed by atoms with van der Waals surface area (Å²) >= 11 is 2.25. The summed E-state index contributed by atoms with van der Waals surface area (Å²) in [6.45, 7) is 0.748. The van der Waals surface area contributed by atoms with Gasteiger partial charge in [0.2, 0.25) is 0 Å². The minimum Gasteiger partial charge on any atom is -0.316 e. The van der Waals surface area contributed by atoms with E-state index in [-0.39, 0.29) is 12.1 Å². The van der Waals surface area contributed by atoms with Crippen molar-refractivity contribution in [2.75, 3.05) is 11.9 Å². The largest absolute Gasteiger partial charge is 0.323 e. The molecular weight excluding hydrogens is 381 g/mol. The van der Waals surface area contributed by atoms with Gasteiger partial charge in [-0.2, -0.15) is 5.10 Å². The summed E-state index contributed by atoms with van der Waals surface area (Å²) in [7, 11) is 0. The number of piperidine rings is 1. The number of H-pyrrole nitrogens is 1. The predicted octanol–water partition coefficient (Wildman–Crippen LogP) is 3.17. The molecule has 110 valence electrons. The maximum Gasteiger partial charge on any atom is 0.323 e. The zero-order chi connectivity index (χ0) is 14.7. The molecule has 1 saturated heterocycles. The third-order valence-electron chi connectivity index (χ3n) is 3.62. The molecule has 1 fully saturated rings. The molecule has 21 heavy (non-hydrogen) atoms. The summed E-state index contributed by atoms with van der Waals surface area (Å²) in [6.07, 6.45) is 6.55. The number of rotatable bonds is 2. The average Bonchev–Trinajstić information content (AvgIpc) is 2.94. The van der Waals surface area contributed by atoms with Gasteiger partial charge in [-0.1, -0.05) is 6.07 Å². The summed E-state index contributed by atoms with van der Waals surface area (Å²) in [5, 5.41) is 9.96. The molecule has 3 rings (SSSR count). The monoisotopic (exact) mass is 397 g/mol. The van der Waals surface area contributed by atoms with Crippen molar-refractivity contribution >= 4 is 34.4 Å². The number of pyridine rings is 1. The van der Waals surface area contributed by atoms with Crippen LogP contribution in [0.3, 0.4) is 0 Å². The molecule has 2 amide bonds. The lowest BCUT2D eigenvalue weighted by Gasteiger charge is -2.35. The minimum atomic E-state index is -0.108. The molecule has 2 aromatic heterocycles. The number of aromatic amines is 1. The summed E-state index contributed by atoms with van der Waals surface area (Å²) < 4.78 is 1.06. The smallest absolute Gasteiger partial charge is 0.316 e. The van der Waals surface area contributed by atoms with Gasteiger partial charge in [-0.05, 0) is 54.0 Å². The van der Waals surface area contributed by atoms with Crippen molar-refractivity contribution in [3.05, 3.63) is 39.9 Å². The normalized spacial score (nSPS) is 18.5. The van der Waals surface area contributed by atoms with Gasteiger partial charge in [0.15, 0.2) is 0 Å². The Labute approximate surface area is 136 Å². The zero-order valence-electron chi connectivity index (χ0n) is 11.4. The molecule has 0 aromatic carbocycles. The Kier molecular flexibility index (Phi) is 4.37. The lowest BCUT2D eigenvalue weighted by atomic mass is 10.00. The van der Waals surface area contributed by atoms with Crippen molar-refractivity contribution in [1.29, 1.82) is 0 Å². The van der Waals surface area contributed by atoms with Crippen LogP contribution in [-0.2, 0) is 0 Å². The molecule has 0 spiro atoms. The van der Waals surface area contributed by atoms with Crippen molar-refractivity contribution in [1.82, 2.24) is 20.1 Å².